The zero-order valence-electron chi connectivity index (χ0n) is 13.0. The van der Waals surface area contributed by atoms with Crippen molar-refractivity contribution in [3.8, 4) is 5.82 Å². The van der Waals surface area contributed by atoms with Crippen molar-refractivity contribution in [1.29, 1.82) is 0 Å². The summed E-state index contributed by atoms with van der Waals surface area (Å²) < 4.78 is 1.81. The number of pyridine rings is 1. The van der Waals surface area contributed by atoms with Crippen LogP contribution >= 0.6 is 0 Å². The molecule has 23 heavy (non-hydrogen) atoms. The highest BCUT2D eigenvalue weighted by Gasteiger charge is 2.33. The Labute approximate surface area is 134 Å². The standard InChI is InChI=1S/C16H19N5O2/c1-2-20-10-13(7-15(20)22)16(23)19-9-12-3-4-14(18-8-12)21-6-5-17-11-21/h3-6,8,11,13H,2,7,9-10H2,1H3,(H,19,23). The summed E-state index contributed by atoms with van der Waals surface area (Å²) in [6.07, 6.45) is 7.23. The summed E-state index contributed by atoms with van der Waals surface area (Å²) in [6, 6.07) is 3.79. The molecule has 120 valence electrons. The van der Waals surface area contributed by atoms with E-state index < -0.39 is 0 Å². The summed E-state index contributed by atoms with van der Waals surface area (Å²) in [4.78, 5) is 33.9. The van der Waals surface area contributed by atoms with Crippen molar-refractivity contribution >= 4 is 11.8 Å². The van der Waals surface area contributed by atoms with Crippen LogP contribution in [0.3, 0.4) is 0 Å². The molecule has 7 nitrogen and oxygen atoms in total. The van der Waals surface area contributed by atoms with E-state index in [9.17, 15) is 9.59 Å². The number of likely N-dealkylation sites (tertiary alicyclic amines) is 1. The first-order valence-corrected chi connectivity index (χ1v) is 7.66. The monoisotopic (exact) mass is 313 g/mol. The highest BCUT2D eigenvalue weighted by molar-refractivity contribution is 5.89. The lowest BCUT2D eigenvalue weighted by atomic mass is 10.1. The van der Waals surface area contributed by atoms with E-state index in [4.69, 9.17) is 0 Å². The van der Waals surface area contributed by atoms with Crippen LogP contribution in [0.4, 0.5) is 0 Å². The molecule has 0 radical (unpaired) electrons. The van der Waals surface area contributed by atoms with Gasteiger partial charge in [-0.1, -0.05) is 6.07 Å². The molecule has 0 saturated carbocycles. The Morgan fingerprint density at radius 2 is 2.30 bits per heavy atom. The summed E-state index contributed by atoms with van der Waals surface area (Å²) in [5, 5.41) is 2.88. The van der Waals surface area contributed by atoms with Crippen LogP contribution in [0.2, 0.25) is 0 Å². The van der Waals surface area contributed by atoms with Crippen molar-refractivity contribution < 1.29 is 9.59 Å². The molecule has 2 aromatic rings. The lowest BCUT2D eigenvalue weighted by Gasteiger charge is -2.13. The van der Waals surface area contributed by atoms with Gasteiger partial charge in [0, 0.05) is 44.6 Å². The minimum Gasteiger partial charge on any atom is -0.352 e. The zero-order valence-corrected chi connectivity index (χ0v) is 13.0. The summed E-state index contributed by atoms with van der Waals surface area (Å²) in [5.41, 5.74) is 0.916. The molecule has 1 unspecified atom stereocenters. The Morgan fingerprint density at radius 3 is 2.91 bits per heavy atom. The van der Waals surface area contributed by atoms with Crippen molar-refractivity contribution in [2.24, 2.45) is 5.92 Å². The quantitative estimate of drug-likeness (QED) is 0.883. The number of carbonyl (C=O) groups is 2. The molecule has 2 amide bonds. The molecule has 0 bridgehead atoms. The minimum atomic E-state index is -0.249. The normalized spacial score (nSPS) is 17.5. The Morgan fingerprint density at radius 1 is 1.43 bits per heavy atom. The molecule has 1 atom stereocenters. The molecule has 3 heterocycles. The Hall–Kier alpha value is -2.70. The van der Waals surface area contributed by atoms with E-state index in [1.54, 1.807) is 23.6 Å². The van der Waals surface area contributed by atoms with E-state index in [0.717, 1.165) is 11.4 Å². The Bertz CT molecular complexity index is 681. The molecule has 1 aliphatic heterocycles. The average Bonchev–Trinajstić information content (AvgIpc) is 3.22. The molecule has 2 aromatic heterocycles. The SMILES string of the molecule is CCN1CC(C(=O)NCc2ccc(-n3ccnc3)nc2)CC1=O. The third kappa shape index (κ3) is 3.39. The fourth-order valence-electron chi connectivity index (χ4n) is 2.66. The van der Waals surface area contributed by atoms with Gasteiger partial charge in [-0.2, -0.15) is 0 Å². The summed E-state index contributed by atoms with van der Waals surface area (Å²) in [7, 11) is 0. The lowest BCUT2D eigenvalue weighted by Crippen LogP contribution is -2.32. The number of imidazole rings is 1. The highest BCUT2D eigenvalue weighted by Crippen LogP contribution is 2.17. The second-order valence-corrected chi connectivity index (χ2v) is 5.55. The van der Waals surface area contributed by atoms with Gasteiger partial charge >= 0.3 is 0 Å². The number of carbonyl (C=O) groups excluding carboxylic acids is 2. The van der Waals surface area contributed by atoms with Gasteiger partial charge in [0.15, 0.2) is 0 Å². The molecule has 1 fully saturated rings. The minimum absolute atomic E-state index is 0.0546. The first-order chi connectivity index (χ1) is 11.2. The van der Waals surface area contributed by atoms with E-state index in [2.05, 4.69) is 15.3 Å². The average molecular weight is 313 g/mol. The van der Waals surface area contributed by atoms with Crippen molar-refractivity contribution in [2.45, 2.75) is 19.9 Å². The predicted octanol–water partition coefficient (Wildman–Crippen LogP) is 0.752. The number of rotatable bonds is 5. The van der Waals surface area contributed by atoms with E-state index in [0.29, 0.717) is 26.1 Å². The second kappa shape index (κ2) is 6.60. The number of nitrogens with zero attached hydrogens (tertiary/aromatic N) is 4. The highest BCUT2D eigenvalue weighted by atomic mass is 16.2. The van der Waals surface area contributed by atoms with Crippen LogP contribution in [0.1, 0.15) is 18.9 Å². The lowest BCUT2D eigenvalue weighted by molar-refractivity contribution is -0.128. The molecule has 1 saturated heterocycles. The van der Waals surface area contributed by atoms with Crippen molar-refractivity contribution in [2.75, 3.05) is 13.1 Å². The summed E-state index contributed by atoms with van der Waals surface area (Å²) in [6.45, 7) is 3.50. The van der Waals surface area contributed by atoms with Gasteiger partial charge in [0.1, 0.15) is 12.1 Å². The maximum absolute atomic E-state index is 12.2. The van der Waals surface area contributed by atoms with Gasteiger partial charge < -0.3 is 10.2 Å². The van der Waals surface area contributed by atoms with Crippen LogP contribution in [-0.2, 0) is 16.1 Å². The third-order valence-electron chi connectivity index (χ3n) is 4.01. The molecule has 3 rings (SSSR count). The fourth-order valence-corrected chi connectivity index (χ4v) is 2.66. The van der Waals surface area contributed by atoms with E-state index in [1.807, 2.05) is 29.8 Å². The molecule has 0 spiro atoms. The number of hydrogen-bond acceptors (Lipinski definition) is 4. The van der Waals surface area contributed by atoms with E-state index in [-0.39, 0.29) is 17.7 Å². The smallest absolute Gasteiger partial charge is 0.225 e. The van der Waals surface area contributed by atoms with Crippen LogP contribution < -0.4 is 5.32 Å². The van der Waals surface area contributed by atoms with Gasteiger partial charge in [0.05, 0.1) is 5.92 Å². The summed E-state index contributed by atoms with van der Waals surface area (Å²) >= 11 is 0. The van der Waals surface area contributed by atoms with Gasteiger partial charge in [-0.15, -0.1) is 0 Å². The number of hydrogen-bond donors (Lipinski definition) is 1. The Balaban J connectivity index is 1.54. The largest absolute Gasteiger partial charge is 0.352 e. The summed E-state index contributed by atoms with van der Waals surface area (Å²) in [5.74, 6) is 0.505. The van der Waals surface area contributed by atoms with E-state index in [1.165, 1.54) is 0 Å². The van der Waals surface area contributed by atoms with Gasteiger partial charge in [0.25, 0.3) is 0 Å². The number of aromatic nitrogens is 3. The van der Waals surface area contributed by atoms with Crippen LogP contribution in [0, 0.1) is 5.92 Å². The van der Waals surface area contributed by atoms with E-state index >= 15 is 0 Å². The molecular formula is C16H19N5O2. The zero-order chi connectivity index (χ0) is 16.2. The molecule has 0 aromatic carbocycles. The molecule has 1 aliphatic rings. The second-order valence-electron chi connectivity index (χ2n) is 5.55. The molecule has 1 N–H and O–H groups in total. The topological polar surface area (TPSA) is 80.1 Å². The Kier molecular flexibility index (Phi) is 4.36. The van der Waals surface area contributed by atoms with Gasteiger partial charge in [-0.05, 0) is 18.6 Å². The molecule has 0 aliphatic carbocycles. The maximum Gasteiger partial charge on any atom is 0.225 e. The van der Waals surface area contributed by atoms with Crippen LogP contribution in [-0.4, -0.2) is 44.3 Å². The first-order valence-electron chi connectivity index (χ1n) is 7.66. The predicted molar refractivity (Wildman–Crippen MR) is 83.6 cm³/mol. The number of nitrogens with one attached hydrogen (secondary N) is 1. The van der Waals surface area contributed by atoms with Crippen molar-refractivity contribution in [3.63, 3.8) is 0 Å². The maximum atomic E-state index is 12.2. The molecular weight excluding hydrogens is 294 g/mol. The van der Waals surface area contributed by atoms with Gasteiger partial charge in [0.2, 0.25) is 11.8 Å². The van der Waals surface area contributed by atoms with Gasteiger partial charge in [-0.3, -0.25) is 14.2 Å². The fraction of sp³-hybridized carbons (Fsp3) is 0.375. The molecule has 7 heteroatoms. The van der Waals surface area contributed by atoms with Crippen LogP contribution in [0.25, 0.3) is 5.82 Å². The van der Waals surface area contributed by atoms with Crippen LogP contribution in [0.5, 0.6) is 0 Å². The first kappa shape index (κ1) is 15.2. The third-order valence-corrected chi connectivity index (χ3v) is 4.01. The van der Waals surface area contributed by atoms with Crippen molar-refractivity contribution in [3.05, 3.63) is 42.6 Å². The number of amides is 2. The van der Waals surface area contributed by atoms with Crippen molar-refractivity contribution in [1.82, 2.24) is 24.8 Å². The van der Waals surface area contributed by atoms with Crippen LogP contribution in [0.15, 0.2) is 37.1 Å². The van der Waals surface area contributed by atoms with Gasteiger partial charge in [-0.25, -0.2) is 9.97 Å².